The van der Waals surface area contributed by atoms with Gasteiger partial charge in [0.2, 0.25) is 15.9 Å². The quantitative estimate of drug-likeness (QED) is 0.282. The minimum atomic E-state index is -3.94. The van der Waals surface area contributed by atoms with Crippen molar-refractivity contribution in [3.63, 3.8) is 0 Å². The van der Waals surface area contributed by atoms with E-state index < -0.39 is 44.2 Å². The SMILES string of the molecule is COc1ccc2c(OCC[C@@H]3NC(=O)N(C)CCCC/C=C\[C@@H]4C[C@@]4(C(=O)NS(=O)(=O)C4(C)CC4)NC3=O)cc(-c3cnn(C)c3)nc2c1C. The molecule has 0 spiro atoms. The van der Waals surface area contributed by atoms with Gasteiger partial charge in [-0.1, -0.05) is 12.2 Å². The van der Waals surface area contributed by atoms with Gasteiger partial charge in [0.15, 0.2) is 0 Å². The average molecular weight is 708 g/mol. The summed E-state index contributed by atoms with van der Waals surface area (Å²) in [5, 5.41) is 10.7. The van der Waals surface area contributed by atoms with Gasteiger partial charge in [0.25, 0.3) is 5.91 Å². The second-order valence-electron chi connectivity index (χ2n) is 13.8. The molecule has 268 valence electrons. The number of fused-ring (bicyclic) bond motifs is 2. The van der Waals surface area contributed by atoms with Crippen LogP contribution >= 0.6 is 0 Å². The minimum absolute atomic E-state index is 0.0218. The number of sulfonamides is 1. The number of pyridine rings is 1. The maximum atomic E-state index is 14.0. The molecular formula is C35H45N7O7S. The normalized spacial score (nSPS) is 24.3. The number of carbonyl (C=O) groups is 3. The molecule has 3 aliphatic rings. The van der Waals surface area contributed by atoms with Gasteiger partial charge in [-0.05, 0) is 64.5 Å². The van der Waals surface area contributed by atoms with E-state index in [1.165, 1.54) is 4.90 Å². The van der Waals surface area contributed by atoms with Gasteiger partial charge in [0.1, 0.15) is 23.1 Å². The minimum Gasteiger partial charge on any atom is -0.496 e. The second kappa shape index (κ2) is 13.6. The molecule has 2 aromatic heterocycles. The number of urea groups is 1. The van der Waals surface area contributed by atoms with Crippen LogP contribution in [-0.4, -0.2) is 89.6 Å². The fraction of sp³-hybridized carbons (Fsp3) is 0.514. The number of nitrogens with zero attached hydrogens (tertiary/aromatic N) is 4. The van der Waals surface area contributed by atoms with Crippen molar-refractivity contribution in [3.8, 4) is 22.8 Å². The molecule has 14 nitrogen and oxygen atoms in total. The van der Waals surface area contributed by atoms with Crippen LogP contribution < -0.4 is 24.8 Å². The molecule has 2 aliphatic carbocycles. The van der Waals surface area contributed by atoms with Crippen LogP contribution in [-0.2, 0) is 26.7 Å². The molecular weight excluding hydrogens is 662 g/mol. The maximum Gasteiger partial charge on any atom is 0.317 e. The molecule has 0 unspecified atom stereocenters. The topological polar surface area (TPSA) is 174 Å². The lowest BCUT2D eigenvalue weighted by Gasteiger charge is -2.26. The van der Waals surface area contributed by atoms with E-state index in [-0.39, 0.29) is 25.4 Å². The maximum absolute atomic E-state index is 14.0. The van der Waals surface area contributed by atoms with Gasteiger partial charge >= 0.3 is 6.03 Å². The number of amides is 4. The van der Waals surface area contributed by atoms with Crippen molar-refractivity contribution in [2.75, 3.05) is 27.3 Å². The third-order valence-corrected chi connectivity index (χ3v) is 12.2. The number of hydrogen-bond acceptors (Lipinski definition) is 9. The summed E-state index contributed by atoms with van der Waals surface area (Å²) in [4.78, 5) is 47.3. The first-order valence-corrected chi connectivity index (χ1v) is 18.4. The van der Waals surface area contributed by atoms with Crippen molar-refractivity contribution in [1.29, 1.82) is 0 Å². The van der Waals surface area contributed by atoms with E-state index in [2.05, 4.69) is 20.5 Å². The number of rotatable bonds is 9. The highest BCUT2D eigenvalue weighted by molar-refractivity contribution is 7.91. The Balaban J connectivity index is 1.26. The number of nitrogens with one attached hydrogen (secondary N) is 3. The van der Waals surface area contributed by atoms with Gasteiger partial charge < -0.3 is 25.0 Å². The Morgan fingerprint density at radius 1 is 1.16 bits per heavy atom. The predicted octanol–water partition coefficient (Wildman–Crippen LogP) is 3.34. The van der Waals surface area contributed by atoms with Crippen LogP contribution in [0, 0.1) is 12.8 Å². The highest BCUT2D eigenvalue weighted by Gasteiger charge is 2.62. The molecule has 1 aliphatic heterocycles. The van der Waals surface area contributed by atoms with Crippen LogP contribution in [0.15, 0.2) is 42.7 Å². The number of aromatic nitrogens is 3. The van der Waals surface area contributed by atoms with E-state index in [1.807, 2.05) is 50.5 Å². The highest BCUT2D eigenvalue weighted by Crippen LogP contribution is 2.47. The molecule has 0 saturated heterocycles. The standard InChI is InChI=1S/C35H45N7O7S/c1-22-28(48-5)12-11-25-29(18-27(37-30(22)25)23-20-36-42(4)21-23)49-17-13-26-31(43)39-35(32(44)40-50(46,47)34(2)14-15-34)19-24(35)10-8-6-7-9-16-41(3)33(45)38-26/h8,10-12,18,20-21,24,26H,6-7,9,13-17,19H2,1-5H3,(H,38,45)(H,39,43)(H,40,44)/b10-8-/t24-,26+,35-/m1/s1. The fourth-order valence-corrected chi connectivity index (χ4v) is 7.59. The van der Waals surface area contributed by atoms with Crippen molar-refractivity contribution in [1.82, 2.24) is 35.0 Å². The first kappa shape index (κ1) is 35.2. The van der Waals surface area contributed by atoms with Gasteiger partial charge in [-0.15, -0.1) is 0 Å². The summed E-state index contributed by atoms with van der Waals surface area (Å²) in [5.41, 5.74) is 1.48. The van der Waals surface area contributed by atoms with Gasteiger partial charge in [0, 0.05) is 61.8 Å². The predicted molar refractivity (Wildman–Crippen MR) is 187 cm³/mol. The van der Waals surface area contributed by atoms with Crippen molar-refractivity contribution in [3.05, 3.63) is 48.3 Å². The molecule has 3 atom stereocenters. The number of hydrogen-bond donors (Lipinski definition) is 3. The van der Waals surface area contributed by atoms with Crippen molar-refractivity contribution in [2.24, 2.45) is 13.0 Å². The first-order chi connectivity index (χ1) is 23.8. The summed E-state index contributed by atoms with van der Waals surface area (Å²) in [6.45, 7) is 4.04. The summed E-state index contributed by atoms with van der Waals surface area (Å²) in [5.74, 6) is -0.568. The monoisotopic (exact) mass is 707 g/mol. The Hall–Kier alpha value is -4.66. The van der Waals surface area contributed by atoms with Gasteiger partial charge in [-0.25, -0.2) is 18.2 Å². The molecule has 1 aromatic carbocycles. The number of allylic oxidation sites excluding steroid dienone is 1. The summed E-state index contributed by atoms with van der Waals surface area (Å²) >= 11 is 0. The van der Waals surface area contributed by atoms with Crippen LogP contribution in [0.5, 0.6) is 11.5 Å². The molecule has 15 heteroatoms. The molecule has 3 heterocycles. The third kappa shape index (κ3) is 7.00. The summed E-state index contributed by atoms with van der Waals surface area (Å²) in [6.07, 6.45) is 10.9. The number of aryl methyl sites for hydroxylation is 2. The zero-order valence-electron chi connectivity index (χ0n) is 29.1. The van der Waals surface area contributed by atoms with Gasteiger partial charge in [-0.3, -0.25) is 19.0 Å². The molecule has 3 aromatic rings. The Morgan fingerprint density at radius 2 is 1.94 bits per heavy atom. The van der Waals surface area contributed by atoms with Crippen LogP contribution in [0.1, 0.15) is 57.4 Å². The number of ether oxygens (including phenoxy) is 2. The van der Waals surface area contributed by atoms with E-state index in [4.69, 9.17) is 14.5 Å². The third-order valence-electron chi connectivity index (χ3n) is 10.1. The van der Waals surface area contributed by atoms with Crippen LogP contribution in [0.25, 0.3) is 22.2 Å². The van der Waals surface area contributed by atoms with E-state index in [0.717, 1.165) is 35.8 Å². The first-order valence-electron chi connectivity index (χ1n) is 16.9. The number of methoxy groups -OCH3 is 1. The number of benzene rings is 1. The van der Waals surface area contributed by atoms with E-state index in [1.54, 1.807) is 32.0 Å². The Kier molecular flexibility index (Phi) is 9.55. The lowest BCUT2D eigenvalue weighted by atomic mass is 10.1. The van der Waals surface area contributed by atoms with Crippen LogP contribution in [0.4, 0.5) is 4.79 Å². The average Bonchev–Trinajstić information content (AvgIpc) is 3.96. The van der Waals surface area contributed by atoms with Crippen molar-refractivity contribution in [2.45, 2.75) is 75.1 Å². The second-order valence-corrected chi connectivity index (χ2v) is 16.0. The lowest BCUT2D eigenvalue weighted by molar-refractivity contribution is -0.130. The molecule has 50 heavy (non-hydrogen) atoms. The zero-order valence-corrected chi connectivity index (χ0v) is 29.9. The largest absolute Gasteiger partial charge is 0.496 e. The summed E-state index contributed by atoms with van der Waals surface area (Å²) in [6, 6.07) is 3.98. The van der Waals surface area contributed by atoms with E-state index in [0.29, 0.717) is 42.1 Å². The lowest BCUT2D eigenvalue weighted by Crippen LogP contribution is -2.58. The Labute approximate surface area is 292 Å². The zero-order chi connectivity index (χ0) is 35.8. The van der Waals surface area contributed by atoms with Gasteiger partial charge in [-0.2, -0.15) is 5.10 Å². The Morgan fingerprint density at radius 3 is 2.64 bits per heavy atom. The summed E-state index contributed by atoms with van der Waals surface area (Å²) < 4.78 is 40.8. The number of carbonyl (C=O) groups excluding carboxylic acids is 3. The molecule has 3 N–H and O–H groups in total. The fourth-order valence-electron chi connectivity index (χ4n) is 6.28. The van der Waals surface area contributed by atoms with Crippen LogP contribution in [0.2, 0.25) is 0 Å². The molecule has 4 amide bonds. The molecule has 0 radical (unpaired) electrons. The van der Waals surface area contributed by atoms with Crippen LogP contribution in [0.3, 0.4) is 0 Å². The Bertz CT molecular complexity index is 1960. The summed E-state index contributed by atoms with van der Waals surface area (Å²) in [7, 11) is 1.14. The molecule has 2 saturated carbocycles. The highest BCUT2D eigenvalue weighted by atomic mass is 32.2. The van der Waals surface area contributed by atoms with E-state index >= 15 is 0 Å². The van der Waals surface area contributed by atoms with Crippen molar-refractivity contribution < 1.29 is 32.3 Å². The molecule has 6 rings (SSSR count). The van der Waals surface area contributed by atoms with E-state index in [9.17, 15) is 22.8 Å². The van der Waals surface area contributed by atoms with Gasteiger partial charge in [0.05, 0.1) is 35.9 Å². The van der Waals surface area contributed by atoms with Crippen molar-refractivity contribution >= 4 is 38.8 Å². The molecule has 0 bridgehead atoms. The molecule has 2 fully saturated rings. The smallest absolute Gasteiger partial charge is 0.317 e.